The average molecular weight is 166 g/mol. The van der Waals surface area contributed by atoms with Crippen molar-refractivity contribution in [3.63, 3.8) is 0 Å². The Bertz CT molecular complexity index is 37.1. The minimum atomic E-state index is 1.12. The second-order valence-corrected chi connectivity index (χ2v) is 2.64. The molecular weight excluding hydrogens is 154 g/mol. The van der Waals surface area contributed by atoms with E-state index in [-0.39, 0.29) is 0 Å². The lowest BCUT2D eigenvalue weighted by molar-refractivity contribution is 0.560. The Morgan fingerprint density at radius 2 is 2.00 bits per heavy atom. The Hall–Kier alpha value is 0.440. The molecule has 0 aromatic rings. The number of hydrogen-bond acceptors (Lipinski definition) is 1. The van der Waals surface area contributed by atoms with Gasteiger partial charge in [0, 0.05) is 11.8 Å². The average Bonchev–Trinajstić information content (AvgIpc) is 1.61. The Morgan fingerprint density at radius 1 is 1.43 bits per heavy atom. The van der Waals surface area contributed by atoms with Crippen LogP contribution in [0.2, 0.25) is 0 Å². The molecule has 1 nitrogen and oxygen atoms in total. The zero-order valence-electron chi connectivity index (χ0n) is 4.95. The molecule has 2 heteroatoms. The number of hydrogen-bond donors (Lipinski definition) is 0. The second kappa shape index (κ2) is 4.60. The predicted octanol–water partition coefficient (Wildman–Crippen LogP) is 1.17. The summed E-state index contributed by atoms with van der Waals surface area (Å²) in [5.74, 6) is 0. The normalized spacial score (nSPS) is 10.3. The standard InChI is InChI=1S/C5H12BrN/c1-7(2)5-3-4-6/h3-5H2,1-2H3/q+1. The van der Waals surface area contributed by atoms with Crippen LogP contribution in [0.4, 0.5) is 0 Å². The summed E-state index contributed by atoms with van der Waals surface area (Å²) < 4.78 is 0. The fourth-order valence-electron chi connectivity index (χ4n) is 0.376. The van der Waals surface area contributed by atoms with Gasteiger partial charge in [0.25, 0.3) is 0 Å². The van der Waals surface area contributed by atoms with Crippen LogP contribution in [0.15, 0.2) is 0 Å². The molecule has 0 aromatic heterocycles. The van der Waals surface area contributed by atoms with Gasteiger partial charge < -0.3 is 0 Å². The summed E-state index contributed by atoms with van der Waals surface area (Å²) in [6.45, 7) is 1.19. The van der Waals surface area contributed by atoms with Crippen LogP contribution in [0.25, 0.3) is 0 Å². The van der Waals surface area contributed by atoms with E-state index in [0.29, 0.717) is 0 Å². The highest BCUT2D eigenvalue weighted by molar-refractivity contribution is 9.09. The van der Waals surface area contributed by atoms with E-state index in [9.17, 15) is 0 Å². The molecule has 0 atom stereocenters. The van der Waals surface area contributed by atoms with Gasteiger partial charge in [-0.25, -0.2) is 0 Å². The largest absolute Gasteiger partial charge is 0.175 e. The van der Waals surface area contributed by atoms with Crippen LogP contribution in [0.3, 0.4) is 0 Å². The predicted molar refractivity (Wildman–Crippen MR) is 37.3 cm³/mol. The Balaban J connectivity index is 2.68. The van der Waals surface area contributed by atoms with Crippen molar-refractivity contribution in [2.24, 2.45) is 0 Å². The number of nitrogens with zero attached hydrogens (tertiary/aromatic N) is 1. The van der Waals surface area contributed by atoms with Gasteiger partial charge in [-0.05, 0) is 0 Å². The van der Waals surface area contributed by atoms with Crippen molar-refractivity contribution in [1.82, 2.24) is 4.90 Å². The van der Waals surface area contributed by atoms with E-state index in [1.54, 1.807) is 0 Å². The number of rotatable bonds is 3. The molecular formula is C5H12BrN+. The van der Waals surface area contributed by atoms with E-state index < -0.39 is 0 Å². The smallest absolute Gasteiger partial charge is 0.123 e. The molecule has 0 saturated carbocycles. The summed E-state index contributed by atoms with van der Waals surface area (Å²) >= 11 is 3.35. The van der Waals surface area contributed by atoms with Crippen LogP contribution in [-0.2, 0) is 0 Å². The van der Waals surface area contributed by atoms with Gasteiger partial charge in [-0.15, -0.1) is 0 Å². The van der Waals surface area contributed by atoms with E-state index in [2.05, 4.69) is 34.9 Å². The lowest BCUT2D eigenvalue weighted by Gasteiger charge is -1.94. The van der Waals surface area contributed by atoms with Crippen molar-refractivity contribution in [2.75, 3.05) is 26.0 Å². The summed E-state index contributed by atoms with van der Waals surface area (Å²) in [6, 6.07) is 0. The molecule has 7 heavy (non-hydrogen) atoms. The molecule has 0 heterocycles. The fourth-order valence-corrected chi connectivity index (χ4v) is 0.627. The zero-order chi connectivity index (χ0) is 5.70. The summed E-state index contributed by atoms with van der Waals surface area (Å²) in [7, 11) is 4.17. The maximum absolute atomic E-state index is 3.35. The molecule has 0 aliphatic heterocycles. The first-order valence-electron chi connectivity index (χ1n) is 2.48. The molecule has 0 rings (SSSR count). The number of alkyl halides is 1. The van der Waals surface area contributed by atoms with E-state index in [4.69, 9.17) is 0 Å². The van der Waals surface area contributed by atoms with Crippen LogP contribution < -0.4 is 4.90 Å². The third kappa shape index (κ3) is 6.44. The summed E-state index contributed by atoms with van der Waals surface area (Å²) in [5.41, 5.74) is 0. The van der Waals surface area contributed by atoms with Gasteiger partial charge in [0.1, 0.15) is 20.6 Å². The van der Waals surface area contributed by atoms with Crippen LogP contribution in [0.1, 0.15) is 6.42 Å². The third-order valence-electron chi connectivity index (χ3n) is 0.739. The first kappa shape index (κ1) is 7.44. The third-order valence-corrected chi connectivity index (χ3v) is 1.30. The SMILES string of the molecule is C[N+](C)CCCBr. The van der Waals surface area contributed by atoms with Crippen LogP contribution >= 0.6 is 15.9 Å². The van der Waals surface area contributed by atoms with Gasteiger partial charge in [-0.1, -0.05) is 15.9 Å². The molecule has 1 radical (unpaired) electrons. The molecule has 0 aliphatic carbocycles. The molecule has 0 amide bonds. The van der Waals surface area contributed by atoms with Crippen LogP contribution in [0.5, 0.6) is 0 Å². The van der Waals surface area contributed by atoms with Gasteiger partial charge in [-0.2, -0.15) is 4.90 Å². The highest BCUT2D eigenvalue weighted by atomic mass is 79.9. The minimum absolute atomic E-state index is 1.12. The molecule has 43 valence electrons. The topological polar surface area (TPSA) is 5.90 Å². The van der Waals surface area contributed by atoms with Gasteiger partial charge in [0.15, 0.2) is 0 Å². The van der Waals surface area contributed by atoms with Crippen LogP contribution in [0, 0.1) is 0 Å². The molecule has 0 N–H and O–H groups in total. The fraction of sp³-hybridized carbons (Fsp3) is 1.00. The molecule has 0 fully saturated rings. The highest BCUT2D eigenvalue weighted by Gasteiger charge is 1.94. The quantitative estimate of drug-likeness (QED) is 0.438. The monoisotopic (exact) mass is 165 g/mol. The van der Waals surface area contributed by atoms with E-state index >= 15 is 0 Å². The maximum atomic E-state index is 3.35. The lowest BCUT2D eigenvalue weighted by Crippen LogP contribution is -2.19. The van der Waals surface area contributed by atoms with Crippen molar-refractivity contribution in [2.45, 2.75) is 6.42 Å². The maximum Gasteiger partial charge on any atom is 0.123 e. The Labute approximate surface area is 53.8 Å². The van der Waals surface area contributed by atoms with E-state index in [1.807, 2.05) is 0 Å². The van der Waals surface area contributed by atoms with Crippen molar-refractivity contribution >= 4 is 15.9 Å². The highest BCUT2D eigenvalue weighted by Crippen LogP contribution is 1.85. The lowest BCUT2D eigenvalue weighted by atomic mass is 10.5. The van der Waals surface area contributed by atoms with Crippen molar-refractivity contribution in [1.29, 1.82) is 0 Å². The Morgan fingerprint density at radius 3 is 2.14 bits per heavy atom. The molecule has 0 saturated heterocycles. The minimum Gasteiger partial charge on any atom is -0.175 e. The first-order valence-corrected chi connectivity index (χ1v) is 3.60. The summed E-state index contributed by atoms with van der Waals surface area (Å²) in [6.07, 6.45) is 1.24. The first-order chi connectivity index (χ1) is 3.27. The van der Waals surface area contributed by atoms with Crippen molar-refractivity contribution < 1.29 is 0 Å². The van der Waals surface area contributed by atoms with Crippen molar-refractivity contribution in [3.05, 3.63) is 0 Å². The molecule has 0 aromatic carbocycles. The molecule has 0 spiro atoms. The van der Waals surface area contributed by atoms with E-state index in [1.165, 1.54) is 13.0 Å². The van der Waals surface area contributed by atoms with Crippen LogP contribution in [-0.4, -0.2) is 26.0 Å². The molecule has 0 unspecified atom stereocenters. The Kier molecular flexibility index (Phi) is 4.88. The summed E-state index contributed by atoms with van der Waals surface area (Å²) in [5, 5.41) is 1.12. The number of halogens is 1. The molecule has 0 aliphatic rings. The molecule has 0 bridgehead atoms. The van der Waals surface area contributed by atoms with Gasteiger partial charge in [0.05, 0.1) is 0 Å². The van der Waals surface area contributed by atoms with Crippen molar-refractivity contribution in [3.8, 4) is 0 Å². The zero-order valence-corrected chi connectivity index (χ0v) is 6.53. The van der Waals surface area contributed by atoms with E-state index in [0.717, 1.165) is 5.33 Å². The second-order valence-electron chi connectivity index (χ2n) is 1.85. The van der Waals surface area contributed by atoms with Gasteiger partial charge >= 0.3 is 0 Å². The van der Waals surface area contributed by atoms with Gasteiger partial charge in [0.2, 0.25) is 0 Å². The summed E-state index contributed by atoms with van der Waals surface area (Å²) in [4.78, 5) is 2.18. The van der Waals surface area contributed by atoms with Gasteiger partial charge in [-0.3, -0.25) is 0 Å².